The molecule has 0 aromatic heterocycles. The van der Waals surface area contributed by atoms with E-state index < -0.39 is 12.2 Å². The normalized spacial score (nSPS) is 17.6. The van der Waals surface area contributed by atoms with Gasteiger partial charge in [0.1, 0.15) is 6.61 Å². The van der Waals surface area contributed by atoms with Gasteiger partial charge in [-0.15, -0.1) is 0 Å². The first-order chi connectivity index (χ1) is 14.0. The molecular weight excluding hydrogens is 366 g/mol. The third kappa shape index (κ3) is 6.87. The van der Waals surface area contributed by atoms with Crippen LogP contribution in [-0.4, -0.2) is 41.0 Å². The standard InChI is InChI=1S/C24H31NO4/c1-18(2)13-22(23(26)14-21-17-28-21)25(15-19-9-5-3-6-10-19)24(27)29-16-20-11-7-4-8-12-20/h3-12,18,21-23,26H,13-17H2,1-2H3/t21?,22-,23-/m1/s1. The first-order valence-corrected chi connectivity index (χ1v) is 10.3. The number of nitrogens with zero attached hydrogens (tertiary/aromatic N) is 1. The topological polar surface area (TPSA) is 62.3 Å². The van der Waals surface area contributed by atoms with Gasteiger partial charge in [0.25, 0.3) is 0 Å². The van der Waals surface area contributed by atoms with Gasteiger partial charge in [0, 0.05) is 13.0 Å². The van der Waals surface area contributed by atoms with Crippen molar-refractivity contribution in [3.8, 4) is 0 Å². The first-order valence-electron chi connectivity index (χ1n) is 10.3. The lowest BCUT2D eigenvalue weighted by atomic mass is 9.94. The van der Waals surface area contributed by atoms with Crippen LogP contribution in [0.2, 0.25) is 0 Å². The van der Waals surface area contributed by atoms with Crippen molar-refractivity contribution in [3.63, 3.8) is 0 Å². The average Bonchev–Trinajstić information content (AvgIpc) is 3.54. The minimum absolute atomic E-state index is 0.0959. The Morgan fingerprint density at radius 3 is 2.24 bits per heavy atom. The summed E-state index contributed by atoms with van der Waals surface area (Å²) in [6.07, 6.45) is 0.270. The van der Waals surface area contributed by atoms with Crippen LogP contribution >= 0.6 is 0 Å². The minimum atomic E-state index is -0.655. The molecule has 0 spiro atoms. The van der Waals surface area contributed by atoms with Gasteiger partial charge in [-0.3, -0.25) is 4.90 Å². The highest BCUT2D eigenvalue weighted by Gasteiger charge is 2.36. The Morgan fingerprint density at radius 1 is 1.10 bits per heavy atom. The number of carbonyl (C=O) groups is 1. The van der Waals surface area contributed by atoms with Crippen molar-refractivity contribution >= 4 is 6.09 Å². The number of benzene rings is 2. The van der Waals surface area contributed by atoms with Gasteiger partial charge in [-0.1, -0.05) is 74.5 Å². The average molecular weight is 398 g/mol. The fourth-order valence-electron chi connectivity index (χ4n) is 3.51. The van der Waals surface area contributed by atoms with E-state index in [2.05, 4.69) is 13.8 Å². The van der Waals surface area contributed by atoms with Crippen molar-refractivity contribution in [2.75, 3.05) is 6.61 Å². The Kier molecular flexibility index (Phi) is 7.67. The molecule has 1 fully saturated rings. The van der Waals surface area contributed by atoms with Crippen LogP contribution in [0.1, 0.15) is 37.8 Å². The molecule has 0 radical (unpaired) electrons. The van der Waals surface area contributed by atoms with Crippen LogP contribution in [0.4, 0.5) is 4.79 Å². The SMILES string of the molecule is CC(C)C[C@H]([C@H](O)CC1CO1)N(Cc1ccccc1)C(=O)OCc1ccccc1. The van der Waals surface area contributed by atoms with Crippen LogP contribution in [0.3, 0.4) is 0 Å². The van der Waals surface area contributed by atoms with Gasteiger partial charge in [0.2, 0.25) is 0 Å². The largest absolute Gasteiger partial charge is 0.445 e. The zero-order chi connectivity index (χ0) is 20.6. The predicted molar refractivity (Wildman–Crippen MR) is 112 cm³/mol. The van der Waals surface area contributed by atoms with E-state index in [1.807, 2.05) is 60.7 Å². The highest BCUT2D eigenvalue weighted by atomic mass is 16.6. The summed E-state index contributed by atoms with van der Waals surface area (Å²) >= 11 is 0. The Balaban J connectivity index is 1.77. The van der Waals surface area contributed by atoms with E-state index in [0.717, 1.165) is 11.1 Å². The fraction of sp³-hybridized carbons (Fsp3) is 0.458. The van der Waals surface area contributed by atoms with Gasteiger partial charge in [-0.05, 0) is 23.5 Å². The second-order valence-corrected chi connectivity index (χ2v) is 8.11. The summed E-state index contributed by atoms with van der Waals surface area (Å²) in [6.45, 7) is 5.49. The van der Waals surface area contributed by atoms with E-state index in [4.69, 9.17) is 9.47 Å². The number of aliphatic hydroxyl groups is 1. The van der Waals surface area contributed by atoms with Gasteiger partial charge in [0.15, 0.2) is 0 Å². The molecule has 1 amide bonds. The van der Waals surface area contributed by atoms with E-state index in [1.165, 1.54) is 0 Å². The zero-order valence-corrected chi connectivity index (χ0v) is 17.2. The summed E-state index contributed by atoms with van der Waals surface area (Å²) < 4.78 is 10.9. The van der Waals surface area contributed by atoms with E-state index >= 15 is 0 Å². The van der Waals surface area contributed by atoms with Crippen molar-refractivity contribution in [2.24, 2.45) is 5.92 Å². The second kappa shape index (κ2) is 10.4. The Morgan fingerprint density at radius 2 is 1.69 bits per heavy atom. The molecule has 29 heavy (non-hydrogen) atoms. The number of epoxide rings is 1. The van der Waals surface area contributed by atoms with Crippen molar-refractivity contribution in [2.45, 2.75) is 58.1 Å². The monoisotopic (exact) mass is 397 g/mol. The van der Waals surface area contributed by atoms with Gasteiger partial charge >= 0.3 is 6.09 Å². The van der Waals surface area contributed by atoms with Gasteiger partial charge < -0.3 is 14.6 Å². The van der Waals surface area contributed by atoms with E-state index in [0.29, 0.717) is 31.9 Å². The van der Waals surface area contributed by atoms with Gasteiger partial charge in [0.05, 0.1) is 24.9 Å². The maximum Gasteiger partial charge on any atom is 0.410 e. The van der Waals surface area contributed by atoms with Crippen LogP contribution < -0.4 is 0 Å². The van der Waals surface area contributed by atoms with Crippen molar-refractivity contribution in [1.82, 2.24) is 4.90 Å². The number of aliphatic hydroxyl groups excluding tert-OH is 1. The molecule has 1 saturated heterocycles. The summed E-state index contributed by atoms with van der Waals surface area (Å²) in [5, 5.41) is 10.9. The van der Waals surface area contributed by atoms with E-state index in [1.54, 1.807) is 4.90 Å². The van der Waals surface area contributed by atoms with Gasteiger partial charge in [-0.25, -0.2) is 4.79 Å². The molecule has 1 heterocycles. The van der Waals surface area contributed by atoms with Crippen LogP contribution in [-0.2, 0) is 22.6 Å². The summed E-state index contributed by atoms with van der Waals surface area (Å²) in [5.74, 6) is 0.329. The number of hydrogen-bond donors (Lipinski definition) is 1. The van der Waals surface area contributed by atoms with Crippen molar-refractivity contribution in [3.05, 3.63) is 71.8 Å². The van der Waals surface area contributed by atoms with Crippen molar-refractivity contribution < 1.29 is 19.4 Å². The molecule has 1 aliphatic rings. The number of ether oxygens (including phenoxy) is 2. The maximum atomic E-state index is 13.1. The molecule has 1 aliphatic heterocycles. The molecule has 3 rings (SSSR count). The lowest BCUT2D eigenvalue weighted by molar-refractivity contribution is 0.0130. The molecule has 0 aliphatic carbocycles. The lowest BCUT2D eigenvalue weighted by Gasteiger charge is -2.35. The fourth-order valence-corrected chi connectivity index (χ4v) is 3.51. The number of hydrogen-bond acceptors (Lipinski definition) is 4. The minimum Gasteiger partial charge on any atom is -0.445 e. The molecule has 5 nitrogen and oxygen atoms in total. The molecule has 0 saturated carbocycles. The van der Waals surface area contributed by atoms with Crippen LogP contribution in [0.15, 0.2) is 60.7 Å². The summed E-state index contributed by atoms with van der Waals surface area (Å²) in [4.78, 5) is 14.8. The summed E-state index contributed by atoms with van der Waals surface area (Å²) in [7, 11) is 0. The Labute approximate surface area is 173 Å². The third-order valence-electron chi connectivity index (χ3n) is 5.10. The molecule has 156 valence electrons. The number of rotatable bonds is 10. The Hall–Kier alpha value is -2.37. The highest BCUT2D eigenvalue weighted by molar-refractivity contribution is 5.68. The lowest BCUT2D eigenvalue weighted by Crippen LogP contribution is -2.48. The highest BCUT2D eigenvalue weighted by Crippen LogP contribution is 2.25. The maximum absolute atomic E-state index is 13.1. The smallest absolute Gasteiger partial charge is 0.410 e. The van der Waals surface area contributed by atoms with E-state index in [-0.39, 0.29) is 18.8 Å². The molecule has 2 aromatic carbocycles. The molecule has 0 bridgehead atoms. The van der Waals surface area contributed by atoms with E-state index in [9.17, 15) is 9.90 Å². The molecule has 2 aromatic rings. The third-order valence-corrected chi connectivity index (χ3v) is 5.10. The van der Waals surface area contributed by atoms with Crippen LogP contribution in [0.5, 0.6) is 0 Å². The predicted octanol–water partition coefficient (Wildman–Crippen LogP) is 4.39. The summed E-state index contributed by atoms with van der Waals surface area (Å²) in [6, 6.07) is 19.1. The quantitative estimate of drug-likeness (QED) is 0.604. The molecule has 3 atom stereocenters. The molecule has 1 unspecified atom stereocenters. The van der Waals surface area contributed by atoms with Crippen LogP contribution in [0.25, 0.3) is 0 Å². The van der Waals surface area contributed by atoms with Crippen molar-refractivity contribution in [1.29, 1.82) is 0 Å². The number of carbonyl (C=O) groups excluding carboxylic acids is 1. The molecular formula is C24H31NO4. The molecule has 1 N–H and O–H groups in total. The number of amides is 1. The first kappa shape index (κ1) is 21.3. The zero-order valence-electron chi connectivity index (χ0n) is 17.2. The van der Waals surface area contributed by atoms with Gasteiger partial charge in [-0.2, -0.15) is 0 Å². The summed E-state index contributed by atoms with van der Waals surface area (Å²) in [5.41, 5.74) is 1.95. The second-order valence-electron chi connectivity index (χ2n) is 8.11. The molecule has 5 heteroatoms. The van der Waals surface area contributed by atoms with Crippen LogP contribution in [0, 0.1) is 5.92 Å². The Bertz CT molecular complexity index is 746.